The average molecular weight is 289 g/mol. The van der Waals surface area contributed by atoms with Crippen LogP contribution in [0.3, 0.4) is 0 Å². The van der Waals surface area contributed by atoms with E-state index < -0.39 is 8.07 Å². The van der Waals surface area contributed by atoms with Gasteiger partial charge in [-0.3, -0.25) is 0 Å². The van der Waals surface area contributed by atoms with Gasteiger partial charge in [0.1, 0.15) is 6.61 Å². The van der Waals surface area contributed by atoms with Gasteiger partial charge in [-0.15, -0.1) is 0 Å². The first kappa shape index (κ1) is 15.3. The van der Waals surface area contributed by atoms with Gasteiger partial charge in [0.15, 0.2) is 0 Å². The summed E-state index contributed by atoms with van der Waals surface area (Å²) in [5, 5.41) is 1.75. The van der Waals surface area contributed by atoms with Crippen molar-refractivity contribution in [3.05, 3.63) is 29.8 Å². The Bertz CT molecular complexity index is 538. The molecule has 0 aromatic heterocycles. The second-order valence-corrected chi connectivity index (χ2v) is 13.2. The zero-order valence-electron chi connectivity index (χ0n) is 13.9. The third-order valence-electron chi connectivity index (χ3n) is 4.67. The lowest BCUT2D eigenvalue weighted by Crippen LogP contribution is -2.51. The minimum absolute atomic E-state index is 0.101. The van der Waals surface area contributed by atoms with Crippen molar-refractivity contribution in [2.24, 2.45) is 4.99 Å². The number of aliphatic imine (C=N–C) groups is 1. The second-order valence-electron chi connectivity index (χ2n) is 7.94. The fourth-order valence-electron chi connectivity index (χ4n) is 2.34. The minimum Gasteiger partial charge on any atom is -0.475 e. The summed E-state index contributed by atoms with van der Waals surface area (Å²) in [5.41, 5.74) is 1.10. The molecule has 2 nitrogen and oxygen atoms in total. The first-order chi connectivity index (χ1) is 9.05. The lowest BCUT2D eigenvalue weighted by atomic mass is 10.1. The Kier molecular flexibility index (Phi) is 3.62. The summed E-state index contributed by atoms with van der Waals surface area (Å²) in [7, 11) is -1.60. The molecule has 0 atom stereocenters. The van der Waals surface area contributed by atoms with Crippen molar-refractivity contribution in [2.45, 2.75) is 58.3 Å². The topological polar surface area (TPSA) is 21.6 Å². The average Bonchev–Trinajstić information content (AvgIpc) is 2.68. The molecule has 0 aliphatic carbocycles. The largest absolute Gasteiger partial charge is 0.475 e. The Balaban J connectivity index is 2.53. The van der Waals surface area contributed by atoms with Crippen LogP contribution in [0, 0.1) is 0 Å². The van der Waals surface area contributed by atoms with Gasteiger partial charge in [-0.1, -0.05) is 52.1 Å². The molecule has 110 valence electrons. The second kappa shape index (κ2) is 4.73. The number of benzene rings is 1. The molecule has 1 aliphatic rings. The summed E-state index contributed by atoms with van der Waals surface area (Å²) in [4.78, 5) is 4.76. The lowest BCUT2D eigenvalue weighted by Gasteiger charge is -2.38. The normalized spacial score (nSPS) is 18.6. The standard InChI is InChI=1S/C17H27NOSi/c1-16(2,3)20(6,7)14-11-9-8-10-13(14)15-18-17(4,5)12-19-15/h8-11H,12H2,1-7H3. The van der Waals surface area contributed by atoms with Crippen molar-refractivity contribution < 1.29 is 4.74 Å². The summed E-state index contributed by atoms with van der Waals surface area (Å²) < 4.78 is 5.87. The lowest BCUT2D eigenvalue weighted by molar-refractivity contribution is 0.279. The van der Waals surface area contributed by atoms with Crippen LogP contribution in [0.5, 0.6) is 0 Å². The van der Waals surface area contributed by atoms with E-state index in [0.29, 0.717) is 11.6 Å². The molecule has 0 N–H and O–H groups in total. The van der Waals surface area contributed by atoms with Crippen LogP contribution in [0.15, 0.2) is 29.3 Å². The van der Waals surface area contributed by atoms with Gasteiger partial charge in [-0.2, -0.15) is 0 Å². The molecule has 0 radical (unpaired) electrons. The molecule has 0 amide bonds. The van der Waals surface area contributed by atoms with E-state index in [0.717, 1.165) is 5.90 Å². The third kappa shape index (κ3) is 2.69. The van der Waals surface area contributed by atoms with Gasteiger partial charge in [0.05, 0.1) is 13.6 Å². The summed E-state index contributed by atoms with van der Waals surface area (Å²) in [6.07, 6.45) is 0. The fourth-order valence-corrected chi connectivity index (χ4v) is 4.53. The first-order valence-electron chi connectivity index (χ1n) is 7.37. The van der Waals surface area contributed by atoms with E-state index in [-0.39, 0.29) is 5.54 Å². The van der Waals surface area contributed by atoms with Gasteiger partial charge >= 0.3 is 0 Å². The van der Waals surface area contributed by atoms with Gasteiger partial charge in [-0.25, -0.2) is 4.99 Å². The molecule has 2 rings (SSSR count). The zero-order chi connectivity index (χ0) is 15.2. The van der Waals surface area contributed by atoms with Crippen LogP contribution in [0.1, 0.15) is 40.2 Å². The maximum atomic E-state index is 5.87. The van der Waals surface area contributed by atoms with E-state index in [1.807, 2.05) is 0 Å². The predicted octanol–water partition coefficient (Wildman–Crippen LogP) is 3.96. The molecule has 0 saturated carbocycles. The molecule has 0 spiro atoms. The Morgan fingerprint density at radius 2 is 1.75 bits per heavy atom. The molecule has 20 heavy (non-hydrogen) atoms. The molecule has 0 fully saturated rings. The highest BCUT2D eigenvalue weighted by atomic mass is 28.3. The molecule has 3 heteroatoms. The maximum Gasteiger partial charge on any atom is 0.216 e. The minimum atomic E-state index is -1.60. The monoisotopic (exact) mass is 289 g/mol. The maximum absolute atomic E-state index is 5.87. The van der Waals surface area contributed by atoms with Crippen molar-refractivity contribution >= 4 is 19.2 Å². The molecule has 0 saturated heterocycles. The van der Waals surface area contributed by atoms with Crippen molar-refractivity contribution in [3.63, 3.8) is 0 Å². The number of rotatable bonds is 2. The Hall–Kier alpha value is -1.09. The number of ether oxygens (including phenoxy) is 1. The van der Waals surface area contributed by atoms with Crippen LogP contribution in [-0.4, -0.2) is 26.1 Å². The highest BCUT2D eigenvalue weighted by Crippen LogP contribution is 2.36. The fraction of sp³-hybridized carbons (Fsp3) is 0.588. The third-order valence-corrected chi connectivity index (χ3v) is 10.2. The summed E-state index contributed by atoms with van der Waals surface area (Å²) in [6, 6.07) is 8.66. The van der Waals surface area contributed by atoms with Crippen LogP contribution in [0.25, 0.3) is 0 Å². The van der Waals surface area contributed by atoms with E-state index in [9.17, 15) is 0 Å². The highest BCUT2D eigenvalue weighted by molar-refractivity contribution is 6.92. The Morgan fingerprint density at radius 1 is 1.15 bits per heavy atom. The SMILES string of the molecule is CC1(C)COC(c2ccccc2[Si](C)(C)C(C)(C)C)=N1. The predicted molar refractivity (Wildman–Crippen MR) is 89.8 cm³/mol. The van der Waals surface area contributed by atoms with Crippen LogP contribution in [-0.2, 0) is 4.74 Å². The van der Waals surface area contributed by atoms with Gasteiger partial charge in [-0.05, 0) is 30.1 Å². The van der Waals surface area contributed by atoms with E-state index in [2.05, 4.69) is 72.0 Å². The van der Waals surface area contributed by atoms with Crippen LogP contribution >= 0.6 is 0 Å². The van der Waals surface area contributed by atoms with Crippen molar-refractivity contribution in [2.75, 3.05) is 6.61 Å². The van der Waals surface area contributed by atoms with Crippen LogP contribution in [0.4, 0.5) is 0 Å². The van der Waals surface area contributed by atoms with E-state index >= 15 is 0 Å². The van der Waals surface area contributed by atoms with Crippen molar-refractivity contribution in [1.82, 2.24) is 0 Å². The first-order valence-corrected chi connectivity index (χ1v) is 10.4. The van der Waals surface area contributed by atoms with E-state index in [1.165, 1.54) is 10.8 Å². The van der Waals surface area contributed by atoms with Crippen LogP contribution < -0.4 is 5.19 Å². The number of nitrogens with zero attached hydrogens (tertiary/aromatic N) is 1. The molecule has 0 bridgehead atoms. The van der Waals surface area contributed by atoms with Crippen molar-refractivity contribution in [3.8, 4) is 0 Å². The summed E-state index contributed by atoms with van der Waals surface area (Å²) >= 11 is 0. The van der Waals surface area contributed by atoms with E-state index in [4.69, 9.17) is 9.73 Å². The summed E-state index contributed by atoms with van der Waals surface area (Å²) in [5.74, 6) is 0.829. The molecular weight excluding hydrogens is 262 g/mol. The Labute approximate surface area is 124 Å². The van der Waals surface area contributed by atoms with Gasteiger partial charge in [0, 0.05) is 5.56 Å². The smallest absolute Gasteiger partial charge is 0.216 e. The molecule has 1 heterocycles. The molecular formula is C17H27NOSi. The van der Waals surface area contributed by atoms with Crippen LogP contribution in [0.2, 0.25) is 18.1 Å². The molecule has 1 aliphatic heterocycles. The zero-order valence-corrected chi connectivity index (χ0v) is 14.9. The van der Waals surface area contributed by atoms with Gasteiger partial charge in [0.25, 0.3) is 0 Å². The summed E-state index contributed by atoms with van der Waals surface area (Å²) in [6.45, 7) is 16.8. The molecule has 1 aromatic rings. The van der Waals surface area contributed by atoms with Crippen molar-refractivity contribution in [1.29, 1.82) is 0 Å². The van der Waals surface area contributed by atoms with E-state index in [1.54, 1.807) is 0 Å². The Morgan fingerprint density at radius 3 is 2.25 bits per heavy atom. The number of hydrogen-bond donors (Lipinski definition) is 0. The highest BCUT2D eigenvalue weighted by Gasteiger charge is 2.40. The van der Waals surface area contributed by atoms with Gasteiger partial charge < -0.3 is 4.74 Å². The molecule has 0 unspecified atom stereocenters. The number of hydrogen-bond acceptors (Lipinski definition) is 2. The quantitative estimate of drug-likeness (QED) is 0.755. The van der Waals surface area contributed by atoms with Gasteiger partial charge in [0.2, 0.25) is 5.90 Å². The molecule has 1 aromatic carbocycles.